The first-order valence-corrected chi connectivity index (χ1v) is 8.48. The number of rotatable bonds is 3. The number of nitrogens with one attached hydrogen (secondary N) is 1. The summed E-state index contributed by atoms with van der Waals surface area (Å²) in [5.41, 5.74) is 1.14. The molecule has 2 aliphatic rings. The van der Waals surface area contributed by atoms with Gasteiger partial charge in [0.15, 0.2) is 0 Å². The zero-order valence-electron chi connectivity index (χ0n) is 14.7. The van der Waals surface area contributed by atoms with Gasteiger partial charge in [-0.3, -0.25) is 9.88 Å². The molecule has 28 heavy (non-hydrogen) atoms. The van der Waals surface area contributed by atoms with E-state index < -0.39 is 12.1 Å². The highest BCUT2D eigenvalue weighted by molar-refractivity contribution is 5.73. The van der Waals surface area contributed by atoms with Crippen molar-refractivity contribution in [1.82, 2.24) is 24.8 Å². The van der Waals surface area contributed by atoms with Gasteiger partial charge in [0.25, 0.3) is 0 Å². The number of morpholine rings is 1. The van der Waals surface area contributed by atoms with Gasteiger partial charge in [-0.1, -0.05) is 0 Å². The SMILES string of the molecule is O=C(O)C(F)(F)F.c1cnc(N2CCO[C@H]3CN(Cc4cnc[nH]4)C[C@H]32)cn1. The van der Waals surface area contributed by atoms with Crippen LogP contribution in [0.5, 0.6) is 0 Å². The number of aliphatic carboxylic acids is 1. The first-order valence-electron chi connectivity index (χ1n) is 8.48. The molecule has 4 heterocycles. The van der Waals surface area contributed by atoms with Crippen molar-refractivity contribution in [1.29, 1.82) is 0 Å². The van der Waals surface area contributed by atoms with Crippen LogP contribution in [0.15, 0.2) is 31.1 Å². The summed E-state index contributed by atoms with van der Waals surface area (Å²) in [6, 6.07) is 0.346. The molecule has 4 rings (SSSR count). The molecule has 9 nitrogen and oxygen atoms in total. The number of ether oxygens (including phenoxy) is 1. The van der Waals surface area contributed by atoms with Crippen molar-refractivity contribution in [2.24, 2.45) is 0 Å². The van der Waals surface area contributed by atoms with E-state index in [1.807, 2.05) is 12.4 Å². The van der Waals surface area contributed by atoms with Crippen molar-refractivity contribution in [2.75, 3.05) is 31.1 Å². The number of halogens is 3. The van der Waals surface area contributed by atoms with Gasteiger partial charge in [-0.05, 0) is 0 Å². The molecule has 0 bridgehead atoms. The number of imidazole rings is 1. The predicted octanol–water partition coefficient (Wildman–Crippen LogP) is 0.923. The zero-order chi connectivity index (χ0) is 20.1. The molecule has 0 unspecified atom stereocenters. The smallest absolute Gasteiger partial charge is 0.475 e. The molecule has 0 spiro atoms. The molecular weight excluding hydrogens is 381 g/mol. The first kappa shape index (κ1) is 20.0. The van der Waals surface area contributed by atoms with Crippen LogP contribution in [0.4, 0.5) is 19.0 Å². The summed E-state index contributed by atoms with van der Waals surface area (Å²) in [4.78, 5) is 29.5. The minimum atomic E-state index is -5.08. The molecule has 2 aliphatic heterocycles. The lowest BCUT2D eigenvalue weighted by Gasteiger charge is -2.37. The lowest BCUT2D eigenvalue weighted by atomic mass is 10.1. The minimum Gasteiger partial charge on any atom is -0.475 e. The van der Waals surface area contributed by atoms with Crippen LogP contribution in [0.3, 0.4) is 0 Å². The Kier molecular flexibility index (Phi) is 6.09. The molecule has 0 radical (unpaired) electrons. The number of carbonyl (C=O) groups is 1. The van der Waals surface area contributed by atoms with Gasteiger partial charge in [-0.15, -0.1) is 0 Å². The molecule has 2 aromatic heterocycles. The first-order chi connectivity index (χ1) is 13.3. The summed E-state index contributed by atoms with van der Waals surface area (Å²) in [5.74, 6) is -1.81. The monoisotopic (exact) mass is 400 g/mol. The third-order valence-corrected chi connectivity index (χ3v) is 4.41. The molecule has 2 N–H and O–H groups in total. The van der Waals surface area contributed by atoms with Gasteiger partial charge in [0.1, 0.15) is 5.82 Å². The number of likely N-dealkylation sites (tertiary alicyclic amines) is 1. The average molecular weight is 400 g/mol. The van der Waals surface area contributed by atoms with Crippen LogP contribution in [0.1, 0.15) is 5.69 Å². The molecular formula is C16H19F3N6O3. The molecule has 2 saturated heterocycles. The number of H-pyrrole nitrogens is 1. The Hall–Kier alpha value is -2.73. The molecule has 12 heteroatoms. The largest absolute Gasteiger partial charge is 0.490 e. The van der Waals surface area contributed by atoms with E-state index in [1.165, 1.54) is 0 Å². The summed E-state index contributed by atoms with van der Waals surface area (Å²) in [6.07, 6.45) is 4.05. The third kappa shape index (κ3) is 4.95. The number of hydrogen-bond donors (Lipinski definition) is 2. The number of aromatic nitrogens is 4. The van der Waals surface area contributed by atoms with E-state index >= 15 is 0 Å². The quantitative estimate of drug-likeness (QED) is 0.783. The fourth-order valence-corrected chi connectivity index (χ4v) is 3.23. The maximum atomic E-state index is 10.6. The number of nitrogens with zero attached hydrogens (tertiary/aromatic N) is 5. The van der Waals surface area contributed by atoms with Gasteiger partial charge < -0.3 is 19.7 Å². The maximum absolute atomic E-state index is 10.6. The Morgan fingerprint density at radius 3 is 2.68 bits per heavy atom. The van der Waals surface area contributed by atoms with E-state index in [9.17, 15) is 13.2 Å². The van der Waals surface area contributed by atoms with Crippen molar-refractivity contribution < 1.29 is 27.8 Å². The van der Waals surface area contributed by atoms with Crippen LogP contribution < -0.4 is 4.90 Å². The highest BCUT2D eigenvalue weighted by Gasteiger charge is 2.40. The highest BCUT2D eigenvalue weighted by atomic mass is 19.4. The number of anilines is 1. The van der Waals surface area contributed by atoms with E-state index in [0.29, 0.717) is 6.04 Å². The van der Waals surface area contributed by atoms with Gasteiger partial charge >= 0.3 is 12.1 Å². The average Bonchev–Trinajstić information content (AvgIpc) is 3.31. The third-order valence-electron chi connectivity index (χ3n) is 4.41. The second-order valence-electron chi connectivity index (χ2n) is 6.31. The van der Waals surface area contributed by atoms with Crippen LogP contribution in [0.2, 0.25) is 0 Å². The lowest BCUT2D eigenvalue weighted by molar-refractivity contribution is -0.192. The molecule has 0 aliphatic carbocycles. The van der Waals surface area contributed by atoms with Crippen LogP contribution in [0.25, 0.3) is 0 Å². The molecule has 0 saturated carbocycles. The van der Waals surface area contributed by atoms with Crippen molar-refractivity contribution in [3.63, 3.8) is 0 Å². The van der Waals surface area contributed by atoms with E-state index in [0.717, 1.165) is 44.3 Å². The second-order valence-corrected chi connectivity index (χ2v) is 6.31. The Bertz CT molecular complexity index is 759. The van der Waals surface area contributed by atoms with Gasteiger partial charge in [-0.2, -0.15) is 13.2 Å². The van der Waals surface area contributed by atoms with Crippen molar-refractivity contribution in [2.45, 2.75) is 24.9 Å². The zero-order valence-corrected chi connectivity index (χ0v) is 14.7. The summed E-state index contributed by atoms with van der Waals surface area (Å²) >= 11 is 0. The summed E-state index contributed by atoms with van der Waals surface area (Å²) < 4.78 is 37.7. The summed E-state index contributed by atoms with van der Waals surface area (Å²) in [7, 11) is 0. The van der Waals surface area contributed by atoms with E-state index in [1.54, 1.807) is 18.7 Å². The number of fused-ring (bicyclic) bond motifs is 1. The molecule has 2 fully saturated rings. The van der Waals surface area contributed by atoms with Gasteiger partial charge in [-0.25, -0.2) is 14.8 Å². The van der Waals surface area contributed by atoms with Crippen LogP contribution in [-0.2, 0) is 16.1 Å². The van der Waals surface area contributed by atoms with Crippen molar-refractivity contribution in [3.05, 3.63) is 36.8 Å². The normalized spacial score (nSPS) is 22.3. The van der Waals surface area contributed by atoms with Gasteiger partial charge in [0, 0.05) is 50.5 Å². The second kappa shape index (κ2) is 8.52. The predicted molar refractivity (Wildman–Crippen MR) is 90.5 cm³/mol. The van der Waals surface area contributed by atoms with Gasteiger partial charge in [0.2, 0.25) is 0 Å². The summed E-state index contributed by atoms with van der Waals surface area (Å²) in [5, 5.41) is 7.12. The number of carboxylic acid groups (broad SMARTS) is 1. The van der Waals surface area contributed by atoms with Crippen LogP contribution in [0, 0.1) is 0 Å². The minimum absolute atomic E-state index is 0.240. The Morgan fingerprint density at radius 1 is 1.29 bits per heavy atom. The highest BCUT2D eigenvalue weighted by Crippen LogP contribution is 2.27. The number of carboxylic acids is 1. The fraction of sp³-hybridized carbons (Fsp3) is 0.500. The summed E-state index contributed by atoms with van der Waals surface area (Å²) in [6.45, 7) is 4.42. The Morgan fingerprint density at radius 2 is 2.07 bits per heavy atom. The van der Waals surface area contributed by atoms with E-state index in [2.05, 4.69) is 29.7 Å². The maximum Gasteiger partial charge on any atom is 0.490 e. The number of alkyl halides is 3. The van der Waals surface area contributed by atoms with E-state index in [-0.39, 0.29) is 6.10 Å². The molecule has 0 amide bonds. The van der Waals surface area contributed by atoms with Crippen LogP contribution in [-0.4, -0.2) is 80.5 Å². The van der Waals surface area contributed by atoms with Crippen LogP contribution >= 0.6 is 0 Å². The molecule has 152 valence electrons. The Balaban J connectivity index is 0.000000279. The standard InChI is InChI=1S/C14H18N6O.C2HF3O2/c1-2-17-14(6-15-1)20-3-4-21-13-9-19(8-12(13)20)7-11-5-16-10-18-11;3-2(4,5)1(6)7/h1-2,5-6,10,12-13H,3-4,7-9H2,(H,16,18);(H,6,7)/t12-,13+;/m1./s1. The lowest BCUT2D eigenvalue weighted by Crippen LogP contribution is -2.51. The van der Waals surface area contributed by atoms with E-state index in [4.69, 9.17) is 14.6 Å². The fourth-order valence-electron chi connectivity index (χ4n) is 3.23. The molecule has 0 aromatic carbocycles. The van der Waals surface area contributed by atoms with Crippen molar-refractivity contribution in [3.8, 4) is 0 Å². The Labute approximate surface area is 158 Å². The topological polar surface area (TPSA) is 107 Å². The van der Waals surface area contributed by atoms with Gasteiger partial charge in [0.05, 0.1) is 31.3 Å². The molecule has 2 atom stereocenters. The number of hydrogen-bond acceptors (Lipinski definition) is 7. The number of aromatic amines is 1. The molecule has 2 aromatic rings. The van der Waals surface area contributed by atoms with Crippen molar-refractivity contribution >= 4 is 11.8 Å².